The van der Waals surface area contributed by atoms with Gasteiger partial charge in [-0.2, -0.15) is 0 Å². The summed E-state index contributed by atoms with van der Waals surface area (Å²) in [5.74, 6) is -0.373. The quantitative estimate of drug-likeness (QED) is 0.383. The Labute approximate surface area is 226 Å². The van der Waals surface area contributed by atoms with E-state index in [4.69, 9.17) is 4.74 Å². The molecule has 2 aromatic carbocycles. The highest BCUT2D eigenvalue weighted by Gasteiger charge is 2.30. The standard InChI is InChI=1S/C31H40N4O3/c1-29(2,3)23-24(32-19-33-26(23)30(4,5)6)21-15-17-22(18-16-21)34-27(36)25(20-13-11-10-12-14-20)35-28(37)38-31(7,8)9/h10-19,25H,1-9H3,(H,34,36)(H,35,37)/t25-/m0/s1. The van der Waals surface area contributed by atoms with Crippen molar-refractivity contribution in [1.29, 1.82) is 0 Å². The number of nitrogens with zero attached hydrogens (tertiary/aromatic N) is 2. The first-order chi connectivity index (χ1) is 17.6. The normalized spacial score (nSPS) is 13.0. The zero-order valence-electron chi connectivity index (χ0n) is 24.0. The molecular formula is C31H40N4O3. The lowest BCUT2D eigenvalue weighted by molar-refractivity contribution is -0.118. The number of alkyl carbamates (subject to hydrolysis) is 1. The van der Waals surface area contributed by atoms with E-state index in [1.807, 2.05) is 42.5 Å². The average molecular weight is 517 g/mol. The van der Waals surface area contributed by atoms with E-state index < -0.39 is 17.7 Å². The highest BCUT2D eigenvalue weighted by molar-refractivity contribution is 5.97. The lowest BCUT2D eigenvalue weighted by atomic mass is 9.76. The Kier molecular flexibility index (Phi) is 8.30. The fraction of sp³-hybridized carbons (Fsp3) is 0.419. The van der Waals surface area contributed by atoms with Gasteiger partial charge in [-0.1, -0.05) is 84.0 Å². The fourth-order valence-electron chi connectivity index (χ4n) is 4.18. The molecule has 1 aromatic heterocycles. The predicted molar refractivity (Wildman–Crippen MR) is 152 cm³/mol. The van der Waals surface area contributed by atoms with Crippen molar-refractivity contribution in [2.45, 2.75) is 84.8 Å². The molecular weight excluding hydrogens is 476 g/mol. The first kappa shape index (κ1) is 28.8. The molecule has 0 fully saturated rings. The molecule has 0 radical (unpaired) electrons. The third kappa shape index (κ3) is 7.40. The molecule has 7 nitrogen and oxygen atoms in total. The second kappa shape index (κ2) is 10.9. The topological polar surface area (TPSA) is 93.2 Å². The van der Waals surface area contributed by atoms with Gasteiger partial charge in [-0.25, -0.2) is 14.8 Å². The summed E-state index contributed by atoms with van der Waals surface area (Å²) in [6.07, 6.45) is 0.957. The van der Waals surface area contributed by atoms with E-state index in [-0.39, 0.29) is 16.7 Å². The van der Waals surface area contributed by atoms with Crippen LogP contribution in [0, 0.1) is 0 Å². The Morgan fingerprint density at radius 3 is 1.92 bits per heavy atom. The third-order valence-electron chi connectivity index (χ3n) is 5.79. The molecule has 0 unspecified atom stereocenters. The molecule has 0 aliphatic rings. The van der Waals surface area contributed by atoms with Gasteiger partial charge in [-0.3, -0.25) is 4.79 Å². The van der Waals surface area contributed by atoms with Gasteiger partial charge < -0.3 is 15.4 Å². The lowest BCUT2D eigenvalue weighted by Crippen LogP contribution is -2.40. The van der Waals surface area contributed by atoms with Gasteiger partial charge in [0.2, 0.25) is 0 Å². The van der Waals surface area contributed by atoms with Gasteiger partial charge in [-0.15, -0.1) is 0 Å². The summed E-state index contributed by atoms with van der Waals surface area (Å²) in [4.78, 5) is 35.1. The third-order valence-corrected chi connectivity index (χ3v) is 5.79. The fourth-order valence-corrected chi connectivity index (χ4v) is 4.18. The van der Waals surface area contributed by atoms with E-state index in [2.05, 4.69) is 62.1 Å². The summed E-state index contributed by atoms with van der Waals surface area (Å²) in [5.41, 5.74) is 4.21. The Hall–Kier alpha value is -3.74. The van der Waals surface area contributed by atoms with Crippen molar-refractivity contribution in [3.05, 3.63) is 77.7 Å². The van der Waals surface area contributed by atoms with Crippen molar-refractivity contribution < 1.29 is 14.3 Å². The summed E-state index contributed by atoms with van der Waals surface area (Å²) in [5, 5.41) is 5.63. The van der Waals surface area contributed by atoms with E-state index in [1.54, 1.807) is 39.2 Å². The molecule has 3 rings (SSSR count). The number of carbonyl (C=O) groups excluding carboxylic acids is 2. The Balaban J connectivity index is 1.89. The smallest absolute Gasteiger partial charge is 0.408 e. The molecule has 2 N–H and O–H groups in total. The van der Waals surface area contributed by atoms with Crippen molar-refractivity contribution in [3.8, 4) is 11.3 Å². The first-order valence-corrected chi connectivity index (χ1v) is 12.9. The second-order valence-corrected chi connectivity index (χ2v) is 12.5. The number of amides is 2. The number of carbonyl (C=O) groups is 2. The minimum atomic E-state index is -0.922. The number of nitrogens with one attached hydrogen (secondary N) is 2. The van der Waals surface area contributed by atoms with Gasteiger partial charge in [0, 0.05) is 22.2 Å². The highest BCUT2D eigenvalue weighted by Crippen LogP contribution is 2.38. The number of hydrogen-bond acceptors (Lipinski definition) is 5. The SMILES string of the molecule is CC(C)(C)OC(=O)N[C@H](C(=O)Nc1ccc(-c2ncnc(C(C)(C)C)c2C(C)(C)C)cc1)c1ccccc1. The van der Waals surface area contributed by atoms with Crippen LogP contribution in [-0.4, -0.2) is 27.6 Å². The van der Waals surface area contributed by atoms with Gasteiger partial charge in [0.1, 0.15) is 18.0 Å². The highest BCUT2D eigenvalue weighted by atomic mass is 16.6. The van der Waals surface area contributed by atoms with Gasteiger partial charge >= 0.3 is 6.09 Å². The van der Waals surface area contributed by atoms with Crippen LogP contribution < -0.4 is 10.6 Å². The summed E-state index contributed by atoms with van der Waals surface area (Å²) < 4.78 is 5.38. The Morgan fingerprint density at radius 1 is 0.789 bits per heavy atom. The number of benzene rings is 2. The molecule has 3 aromatic rings. The molecule has 2 amide bonds. The van der Waals surface area contributed by atoms with E-state index in [1.165, 1.54) is 0 Å². The number of rotatable bonds is 5. The monoisotopic (exact) mass is 516 g/mol. The zero-order chi connectivity index (χ0) is 28.3. The van der Waals surface area contributed by atoms with Crippen LogP contribution in [0.3, 0.4) is 0 Å². The van der Waals surface area contributed by atoms with Crippen LogP contribution in [0.15, 0.2) is 60.9 Å². The van der Waals surface area contributed by atoms with Gasteiger partial charge in [0.05, 0.1) is 11.4 Å². The van der Waals surface area contributed by atoms with Crippen molar-refractivity contribution >= 4 is 17.7 Å². The molecule has 0 bridgehead atoms. The molecule has 1 atom stereocenters. The van der Waals surface area contributed by atoms with Crippen LogP contribution in [-0.2, 0) is 20.4 Å². The lowest BCUT2D eigenvalue weighted by Gasteiger charge is -2.30. The predicted octanol–water partition coefficient (Wildman–Crippen LogP) is 6.94. The molecule has 202 valence electrons. The minimum Gasteiger partial charge on any atom is -0.444 e. The van der Waals surface area contributed by atoms with Crippen molar-refractivity contribution in [1.82, 2.24) is 15.3 Å². The van der Waals surface area contributed by atoms with E-state index in [0.29, 0.717) is 11.3 Å². The molecule has 0 saturated heterocycles. The van der Waals surface area contributed by atoms with Crippen LogP contribution in [0.25, 0.3) is 11.3 Å². The molecule has 38 heavy (non-hydrogen) atoms. The van der Waals surface area contributed by atoms with Gasteiger partial charge in [0.25, 0.3) is 5.91 Å². The van der Waals surface area contributed by atoms with Crippen molar-refractivity contribution in [2.75, 3.05) is 5.32 Å². The molecule has 0 saturated carbocycles. The van der Waals surface area contributed by atoms with Gasteiger partial charge in [0.15, 0.2) is 0 Å². The van der Waals surface area contributed by atoms with E-state index >= 15 is 0 Å². The van der Waals surface area contributed by atoms with E-state index in [9.17, 15) is 9.59 Å². The number of aromatic nitrogens is 2. The molecule has 1 heterocycles. The van der Waals surface area contributed by atoms with Crippen LogP contribution in [0.1, 0.15) is 85.2 Å². The Bertz CT molecular complexity index is 1270. The second-order valence-electron chi connectivity index (χ2n) is 12.5. The number of ether oxygens (including phenoxy) is 1. The van der Waals surface area contributed by atoms with Crippen LogP contribution in [0.2, 0.25) is 0 Å². The van der Waals surface area contributed by atoms with Gasteiger partial charge in [-0.05, 0) is 43.9 Å². The maximum atomic E-state index is 13.3. The zero-order valence-corrected chi connectivity index (χ0v) is 24.0. The maximum absolute atomic E-state index is 13.3. The maximum Gasteiger partial charge on any atom is 0.408 e. The van der Waals surface area contributed by atoms with E-state index in [0.717, 1.165) is 22.5 Å². The minimum absolute atomic E-state index is 0.137. The summed E-state index contributed by atoms with van der Waals surface area (Å²) in [6, 6.07) is 15.7. The number of anilines is 1. The molecule has 7 heteroatoms. The summed E-state index contributed by atoms with van der Waals surface area (Å²) in [7, 11) is 0. The summed E-state index contributed by atoms with van der Waals surface area (Å²) >= 11 is 0. The average Bonchev–Trinajstić information content (AvgIpc) is 2.81. The molecule has 0 spiro atoms. The van der Waals surface area contributed by atoms with Crippen LogP contribution in [0.4, 0.5) is 10.5 Å². The molecule has 0 aliphatic heterocycles. The van der Waals surface area contributed by atoms with Crippen molar-refractivity contribution in [3.63, 3.8) is 0 Å². The first-order valence-electron chi connectivity index (χ1n) is 12.9. The number of hydrogen-bond donors (Lipinski definition) is 2. The van der Waals surface area contributed by atoms with Crippen molar-refractivity contribution in [2.24, 2.45) is 0 Å². The summed E-state index contributed by atoms with van der Waals surface area (Å²) in [6.45, 7) is 18.3. The molecule has 0 aliphatic carbocycles. The van der Waals surface area contributed by atoms with Crippen LogP contribution in [0.5, 0.6) is 0 Å². The largest absolute Gasteiger partial charge is 0.444 e. The van der Waals surface area contributed by atoms with Crippen LogP contribution >= 0.6 is 0 Å². The Morgan fingerprint density at radius 2 is 1.39 bits per heavy atom.